The molecule has 0 spiro atoms. The molecule has 0 saturated carbocycles. The number of benzene rings is 2. The van der Waals surface area contributed by atoms with Crippen LogP contribution in [-0.2, 0) is 0 Å². The summed E-state index contributed by atoms with van der Waals surface area (Å²) in [6.07, 6.45) is 0. The predicted molar refractivity (Wildman–Crippen MR) is 82.3 cm³/mol. The van der Waals surface area contributed by atoms with Crippen molar-refractivity contribution in [2.24, 2.45) is 0 Å². The smallest absolute Gasteiger partial charge is 0.0546 e. The SMILES string of the molecule is CCSC(c1ccc(C)cc1)c1ccc(C)cc1. The largest absolute Gasteiger partial charge is 0.149 e. The molecule has 0 N–H and O–H groups in total. The summed E-state index contributed by atoms with van der Waals surface area (Å²) in [5, 5.41) is 0.455. The number of hydrogen-bond acceptors (Lipinski definition) is 1. The molecule has 0 saturated heterocycles. The first kappa shape index (κ1) is 13.2. The summed E-state index contributed by atoms with van der Waals surface area (Å²) in [5.74, 6) is 1.13. The Hall–Kier alpha value is -1.21. The first-order valence-corrected chi connectivity index (χ1v) is 7.50. The fourth-order valence-corrected chi connectivity index (χ4v) is 3.07. The van der Waals surface area contributed by atoms with E-state index in [1.165, 1.54) is 22.3 Å². The van der Waals surface area contributed by atoms with Gasteiger partial charge in [0, 0.05) is 0 Å². The second-order valence-corrected chi connectivity index (χ2v) is 6.04. The average molecular weight is 256 g/mol. The van der Waals surface area contributed by atoms with Gasteiger partial charge < -0.3 is 0 Å². The standard InChI is InChI=1S/C17H20S/c1-4-18-17(15-9-5-13(2)6-10-15)16-11-7-14(3)8-12-16/h5-12,17H,4H2,1-3H3. The number of hydrogen-bond donors (Lipinski definition) is 0. The third-order valence-electron chi connectivity index (χ3n) is 3.09. The van der Waals surface area contributed by atoms with Gasteiger partial charge >= 0.3 is 0 Å². The molecule has 0 aliphatic rings. The summed E-state index contributed by atoms with van der Waals surface area (Å²) in [6, 6.07) is 17.8. The van der Waals surface area contributed by atoms with Crippen molar-refractivity contribution < 1.29 is 0 Å². The lowest BCUT2D eigenvalue weighted by Gasteiger charge is -2.17. The molecule has 0 radical (unpaired) electrons. The quantitative estimate of drug-likeness (QED) is 0.729. The van der Waals surface area contributed by atoms with Gasteiger partial charge in [0.15, 0.2) is 0 Å². The van der Waals surface area contributed by atoms with Gasteiger partial charge in [-0.2, -0.15) is 0 Å². The molecule has 2 aromatic rings. The van der Waals surface area contributed by atoms with Crippen LogP contribution >= 0.6 is 11.8 Å². The van der Waals surface area contributed by atoms with Crippen LogP contribution in [0.2, 0.25) is 0 Å². The molecule has 0 amide bonds. The highest BCUT2D eigenvalue weighted by atomic mass is 32.2. The molecule has 2 aromatic carbocycles. The van der Waals surface area contributed by atoms with Crippen molar-refractivity contribution in [3.63, 3.8) is 0 Å². The zero-order valence-corrected chi connectivity index (χ0v) is 12.1. The Morgan fingerprint density at radius 3 is 1.50 bits per heavy atom. The topological polar surface area (TPSA) is 0 Å². The molecule has 0 atom stereocenters. The molecule has 0 fully saturated rings. The Kier molecular flexibility index (Phi) is 4.48. The molecule has 0 aliphatic carbocycles. The molecule has 0 aliphatic heterocycles. The minimum absolute atomic E-state index is 0.455. The summed E-state index contributed by atoms with van der Waals surface area (Å²) in [7, 11) is 0. The second-order valence-electron chi connectivity index (χ2n) is 4.66. The van der Waals surface area contributed by atoms with Crippen molar-refractivity contribution in [2.45, 2.75) is 26.0 Å². The van der Waals surface area contributed by atoms with Crippen LogP contribution in [0.3, 0.4) is 0 Å². The lowest BCUT2D eigenvalue weighted by Crippen LogP contribution is -1.97. The maximum Gasteiger partial charge on any atom is 0.0546 e. The number of thioether (sulfide) groups is 1. The maximum absolute atomic E-state index is 2.25. The molecular weight excluding hydrogens is 236 g/mol. The molecule has 1 heteroatoms. The Morgan fingerprint density at radius 1 is 0.778 bits per heavy atom. The predicted octanol–water partition coefficient (Wildman–Crippen LogP) is 5.15. The van der Waals surface area contributed by atoms with Gasteiger partial charge in [-0.05, 0) is 30.7 Å². The third-order valence-corrected chi connectivity index (χ3v) is 4.30. The van der Waals surface area contributed by atoms with Crippen molar-refractivity contribution in [1.29, 1.82) is 0 Å². The molecule has 94 valence electrons. The van der Waals surface area contributed by atoms with Crippen LogP contribution in [0.1, 0.15) is 34.4 Å². The zero-order chi connectivity index (χ0) is 13.0. The number of rotatable bonds is 4. The van der Waals surface area contributed by atoms with E-state index in [9.17, 15) is 0 Å². The van der Waals surface area contributed by atoms with Crippen LogP contribution < -0.4 is 0 Å². The van der Waals surface area contributed by atoms with Gasteiger partial charge in [0.05, 0.1) is 5.25 Å². The summed E-state index contributed by atoms with van der Waals surface area (Å²) in [5.41, 5.74) is 5.44. The Bertz CT molecular complexity index is 437. The summed E-state index contributed by atoms with van der Waals surface area (Å²) >= 11 is 1.99. The van der Waals surface area contributed by atoms with Crippen LogP contribution in [0.5, 0.6) is 0 Å². The van der Waals surface area contributed by atoms with E-state index in [2.05, 4.69) is 69.3 Å². The van der Waals surface area contributed by atoms with Crippen LogP contribution in [0.15, 0.2) is 48.5 Å². The fourth-order valence-electron chi connectivity index (χ4n) is 2.03. The number of aryl methyl sites for hydroxylation is 2. The van der Waals surface area contributed by atoms with E-state index in [1.54, 1.807) is 0 Å². The van der Waals surface area contributed by atoms with Crippen molar-refractivity contribution in [1.82, 2.24) is 0 Å². The highest BCUT2D eigenvalue weighted by molar-refractivity contribution is 7.99. The van der Waals surface area contributed by atoms with Crippen LogP contribution in [-0.4, -0.2) is 5.75 Å². The van der Waals surface area contributed by atoms with Crippen molar-refractivity contribution in [3.05, 3.63) is 70.8 Å². The zero-order valence-electron chi connectivity index (χ0n) is 11.3. The van der Waals surface area contributed by atoms with E-state index in [0.29, 0.717) is 5.25 Å². The van der Waals surface area contributed by atoms with E-state index in [4.69, 9.17) is 0 Å². The van der Waals surface area contributed by atoms with E-state index in [-0.39, 0.29) is 0 Å². The van der Waals surface area contributed by atoms with Gasteiger partial charge in [0.2, 0.25) is 0 Å². The normalized spacial score (nSPS) is 10.9. The molecule has 0 nitrogen and oxygen atoms in total. The Morgan fingerprint density at radius 2 is 1.17 bits per heavy atom. The van der Waals surface area contributed by atoms with Gasteiger partial charge in [-0.1, -0.05) is 66.6 Å². The third kappa shape index (κ3) is 3.17. The summed E-state index contributed by atoms with van der Waals surface area (Å²) in [4.78, 5) is 0. The molecule has 18 heavy (non-hydrogen) atoms. The van der Waals surface area contributed by atoms with Gasteiger partial charge in [-0.25, -0.2) is 0 Å². The van der Waals surface area contributed by atoms with E-state index in [0.717, 1.165) is 5.75 Å². The molecule has 2 rings (SSSR count). The fraction of sp³-hybridized carbons (Fsp3) is 0.294. The lowest BCUT2D eigenvalue weighted by atomic mass is 10.0. The van der Waals surface area contributed by atoms with Gasteiger partial charge in [-0.3, -0.25) is 0 Å². The van der Waals surface area contributed by atoms with E-state index < -0.39 is 0 Å². The van der Waals surface area contributed by atoms with Crippen molar-refractivity contribution >= 4 is 11.8 Å². The van der Waals surface area contributed by atoms with E-state index >= 15 is 0 Å². The highest BCUT2D eigenvalue weighted by Gasteiger charge is 2.13. The van der Waals surface area contributed by atoms with E-state index in [1.807, 2.05) is 11.8 Å². The van der Waals surface area contributed by atoms with Crippen molar-refractivity contribution in [2.75, 3.05) is 5.75 Å². The molecule has 0 aromatic heterocycles. The van der Waals surface area contributed by atoms with Gasteiger partial charge in [0.25, 0.3) is 0 Å². The Labute approximate surface area is 114 Å². The lowest BCUT2D eigenvalue weighted by molar-refractivity contribution is 1.14. The monoisotopic (exact) mass is 256 g/mol. The summed E-state index contributed by atoms with van der Waals surface area (Å²) in [6.45, 7) is 6.50. The molecule has 0 bridgehead atoms. The first-order valence-electron chi connectivity index (χ1n) is 6.45. The van der Waals surface area contributed by atoms with Gasteiger partial charge in [0.1, 0.15) is 0 Å². The van der Waals surface area contributed by atoms with Crippen molar-refractivity contribution in [3.8, 4) is 0 Å². The highest BCUT2D eigenvalue weighted by Crippen LogP contribution is 2.35. The minimum Gasteiger partial charge on any atom is -0.149 e. The second kappa shape index (κ2) is 6.10. The average Bonchev–Trinajstić information content (AvgIpc) is 2.39. The van der Waals surface area contributed by atoms with Crippen LogP contribution in [0.4, 0.5) is 0 Å². The molecular formula is C17H20S. The maximum atomic E-state index is 2.25. The van der Waals surface area contributed by atoms with Crippen LogP contribution in [0.25, 0.3) is 0 Å². The van der Waals surface area contributed by atoms with Crippen LogP contribution in [0, 0.1) is 13.8 Å². The molecule has 0 unspecified atom stereocenters. The first-order chi connectivity index (χ1) is 8.70. The molecule has 0 heterocycles. The summed E-state index contributed by atoms with van der Waals surface area (Å²) < 4.78 is 0. The minimum atomic E-state index is 0.455. The van der Waals surface area contributed by atoms with Gasteiger partial charge in [-0.15, -0.1) is 11.8 Å². The Balaban J connectivity index is 2.33.